The lowest BCUT2D eigenvalue weighted by Crippen LogP contribution is -2.45. The number of hydrogen-bond acceptors (Lipinski definition) is 4. The first-order valence-corrected chi connectivity index (χ1v) is 5.05. The van der Waals surface area contributed by atoms with Gasteiger partial charge in [-0.1, -0.05) is 6.42 Å². The highest BCUT2D eigenvalue weighted by Gasteiger charge is 2.29. The molecule has 1 saturated carbocycles. The van der Waals surface area contributed by atoms with E-state index in [1.54, 1.807) is 6.92 Å². The van der Waals surface area contributed by atoms with Crippen LogP contribution in [0.2, 0.25) is 0 Å². The van der Waals surface area contributed by atoms with Gasteiger partial charge in [0.15, 0.2) is 0 Å². The molecule has 0 bridgehead atoms. The van der Waals surface area contributed by atoms with E-state index >= 15 is 0 Å². The van der Waals surface area contributed by atoms with Crippen LogP contribution in [0.15, 0.2) is 0 Å². The van der Waals surface area contributed by atoms with Crippen molar-refractivity contribution in [1.82, 2.24) is 5.32 Å². The summed E-state index contributed by atoms with van der Waals surface area (Å²) in [5.41, 5.74) is -1.08. The third kappa shape index (κ3) is 2.95. The van der Waals surface area contributed by atoms with Crippen LogP contribution >= 0.6 is 0 Å². The Labute approximate surface area is 84.5 Å². The van der Waals surface area contributed by atoms with Crippen molar-refractivity contribution >= 4 is 0 Å². The average Bonchev–Trinajstić information content (AvgIpc) is 2.62. The lowest BCUT2D eigenvalue weighted by Gasteiger charge is -2.24. The van der Waals surface area contributed by atoms with E-state index in [0.717, 1.165) is 19.3 Å². The number of rotatable bonds is 4. The standard InChI is InChI=1S/C10H18N2O2/c1-10(14,7-13)6-12-9-4-2-3-8(9)5-11/h8-9,12-14H,2-4,6-7H2,1H3. The predicted molar refractivity (Wildman–Crippen MR) is 52.5 cm³/mol. The Kier molecular flexibility index (Phi) is 3.87. The molecule has 0 heterocycles. The highest BCUT2D eigenvalue weighted by molar-refractivity contribution is 4.97. The molecule has 0 aromatic rings. The maximum Gasteiger partial charge on any atom is 0.0972 e. The van der Waals surface area contributed by atoms with Gasteiger partial charge in [-0.25, -0.2) is 0 Å². The van der Waals surface area contributed by atoms with Gasteiger partial charge in [0.1, 0.15) is 0 Å². The molecule has 1 rings (SSSR count). The van der Waals surface area contributed by atoms with Gasteiger partial charge in [-0.2, -0.15) is 5.26 Å². The van der Waals surface area contributed by atoms with E-state index in [-0.39, 0.29) is 18.6 Å². The van der Waals surface area contributed by atoms with Gasteiger partial charge in [-0.3, -0.25) is 0 Å². The second-order valence-corrected chi connectivity index (χ2v) is 4.31. The Balaban J connectivity index is 2.35. The molecule has 4 heteroatoms. The Hall–Kier alpha value is -0.630. The van der Waals surface area contributed by atoms with Crippen LogP contribution in [0.25, 0.3) is 0 Å². The van der Waals surface area contributed by atoms with Gasteiger partial charge in [0.2, 0.25) is 0 Å². The average molecular weight is 198 g/mol. The summed E-state index contributed by atoms with van der Waals surface area (Å²) in [4.78, 5) is 0. The Morgan fingerprint density at radius 2 is 2.29 bits per heavy atom. The molecule has 0 aromatic carbocycles. The second kappa shape index (κ2) is 4.74. The quantitative estimate of drug-likeness (QED) is 0.595. The van der Waals surface area contributed by atoms with Crippen molar-refractivity contribution in [2.45, 2.75) is 37.8 Å². The van der Waals surface area contributed by atoms with E-state index in [2.05, 4.69) is 11.4 Å². The zero-order chi connectivity index (χ0) is 10.6. The summed E-state index contributed by atoms with van der Waals surface area (Å²) < 4.78 is 0. The van der Waals surface area contributed by atoms with Crippen molar-refractivity contribution in [3.63, 3.8) is 0 Å². The lowest BCUT2D eigenvalue weighted by atomic mass is 10.0. The molecule has 1 aliphatic carbocycles. The minimum Gasteiger partial charge on any atom is -0.393 e. The Bertz CT molecular complexity index is 223. The molecule has 0 aromatic heterocycles. The zero-order valence-electron chi connectivity index (χ0n) is 8.53. The van der Waals surface area contributed by atoms with Crippen LogP contribution < -0.4 is 5.32 Å². The van der Waals surface area contributed by atoms with Gasteiger partial charge < -0.3 is 15.5 Å². The molecule has 3 atom stereocenters. The van der Waals surface area contributed by atoms with E-state index in [0.29, 0.717) is 6.54 Å². The predicted octanol–water partition coefficient (Wildman–Crippen LogP) is 0.0116. The van der Waals surface area contributed by atoms with Gasteiger partial charge in [-0.15, -0.1) is 0 Å². The summed E-state index contributed by atoms with van der Waals surface area (Å²) in [7, 11) is 0. The monoisotopic (exact) mass is 198 g/mol. The second-order valence-electron chi connectivity index (χ2n) is 4.31. The fourth-order valence-electron chi connectivity index (χ4n) is 1.77. The zero-order valence-corrected chi connectivity index (χ0v) is 8.53. The van der Waals surface area contributed by atoms with Crippen LogP contribution in [0.1, 0.15) is 26.2 Å². The van der Waals surface area contributed by atoms with Crippen molar-refractivity contribution in [2.75, 3.05) is 13.2 Å². The van der Waals surface area contributed by atoms with E-state index in [1.165, 1.54) is 0 Å². The van der Waals surface area contributed by atoms with Crippen LogP contribution in [-0.4, -0.2) is 35.0 Å². The first-order chi connectivity index (χ1) is 6.59. The van der Waals surface area contributed by atoms with E-state index in [1.807, 2.05) is 0 Å². The van der Waals surface area contributed by atoms with Crippen LogP contribution in [0, 0.1) is 17.2 Å². The number of hydrogen-bond donors (Lipinski definition) is 3. The number of nitrogens with one attached hydrogen (secondary N) is 1. The van der Waals surface area contributed by atoms with Crippen LogP contribution in [-0.2, 0) is 0 Å². The van der Waals surface area contributed by atoms with Gasteiger partial charge in [0.25, 0.3) is 0 Å². The maximum atomic E-state index is 9.55. The van der Waals surface area contributed by atoms with Crippen molar-refractivity contribution in [3.05, 3.63) is 0 Å². The molecule has 0 spiro atoms. The largest absolute Gasteiger partial charge is 0.393 e. The topological polar surface area (TPSA) is 76.3 Å². The first kappa shape index (κ1) is 11.4. The molecule has 1 fully saturated rings. The molecule has 0 radical (unpaired) electrons. The molecule has 4 nitrogen and oxygen atoms in total. The smallest absolute Gasteiger partial charge is 0.0972 e. The number of nitrogens with zero attached hydrogens (tertiary/aromatic N) is 1. The summed E-state index contributed by atoms with van der Waals surface area (Å²) in [6, 6.07) is 2.44. The molecule has 80 valence electrons. The number of aliphatic hydroxyl groups is 2. The maximum absolute atomic E-state index is 9.55. The summed E-state index contributed by atoms with van der Waals surface area (Å²) in [5.74, 6) is 0.0597. The molecule has 3 N–H and O–H groups in total. The Morgan fingerprint density at radius 3 is 2.86 bits per heavy atom. The van der Waals surface area contributed by atoms with Gasteiger partial charge in [-0.05, 0) is 19.8 Å². The molecule has 0 amide bonds. The van der Waals surface area contributed by atoms with E-state index in [4.69, 9.17) is 10.4 Å². The van der Waals surface area contributed by atoms with Crippen molar-refractivity contribution in [3.8, 4) is 6.07 Å². The molecule has 1 aliphatic rings. The van der Waals surface area contributed by atoms with Gasteiger partial charge in [0, 0.05) is 12.6 Å². The molecular weight excluding hydrogens is 180 g/mol. The molecule has 14 heavy (non-hydrogen) atoms. The summed E-state index contributed by atoms with van der Waals surface area (Å²) in [5, 5.41) is 30.3. The molecule has 0 aliphatic heterocycles. The van der Waals surface area contributed by atoms with E-state index < -0.39 is 5.60 Å². The fourth-order valence-corrected chi connectivity index (χ4v) is 1.77. The summed E-state index contributed by atoms with van der Waals surface area (Å²) in [6.45, 7) is 1.66. The SMILES string of the molecule is CC(O)(CO)CNC1CCCC1C#N. The Morgan fingerprint density at radius 1 is 1.57 bits per heavy atom. The highest BCUT2D eigenvalue weighted by atomic mass is 16.3. The lowest BCUT2D eigenvalue weighted by molar-refractivity contribution is 0.000340. The van der Waals surface area contributed by atoms with Crippen molar-refractivity contribution in [1.29, 1.82) is 5.26 Å². The van der Waals surface area contributed by atoms with Crippen molar-refractivity contribution in [2.24, 2.45) is 5.92 Å². The molecule has 3 unspecified atom stereocenters. The third-order valence-corrected chi connectivity index (χ3v) is 2.77. The fraction of sp³-hybridized carbons (Fsp3) is 0.900. The minimum atomic E-state index is -1.08. The van der Waals surface area contributed by atoms with Crippen LogP contribution in [0.5, 0.6) is 0 Å². The minimum absolute atomic E-state index is 0.0597. The molecule has 0 saturated heterocycles. The van der Waals surface area contributed by atoms with Crippen molar-refractivity contribution < 1.29 is 10.2 Å². The van der Waals surface area contributed by atoms with Gasteiger partial charge in [0.05, 0.1) is 24.2 Å². The first-order valence-electron chi connectivity index (χ1n) is 5.05. The third-order valence-electron chi connectivity index (χ3n) is 2.77. The van der Waals surface area contributed by atoms with Gasteiger partial charge >= 0.3 is 0 Å². The normalized spacial score (nSPS) is 31.0. The highest BCUT2D eigenvalue weighted by Crippen LogP contribution is 2.24. The summed E-state index contributed by atoms with van der Waals surface area (Å²) in [6.07, 6.45) is 2.99. The molecular formula is C10H18N2O2. The van der Waals surface area contributed by atoms with E-state index in [9.17, 15) is 5.11 Å². The van der Waals surface area contributed by atoms with Crippen LogP contribution in [0.3, 0.4) is 0 Å². The number of nitriles is 1. The number of aliphatic hydroxyl groups excluding tert-OH is 1. The van der Waals surface area contributed by atoms with Crippen LogP contribution in [0.4, 0.5) is 0 Å². The summed E-state index contributed by atoms with van der Waals surface area (Å²) >= 11 is 0.